The van der Waals surface area contributed by atoms with E-state index < -0.39 is 0 Å². The van der Waals surface area contributed by atoms with Crippen molar-refractivity contribution in [3.05, 3.63) is 16.3 Å². The lowest BCUT2D eigenvalue weighted by Crippen LogP contribution is -2.47. The number of fused-ring (bicyclic) bond motifs is 1. The second kappa shape index (κ2) is 11.3. The molecule has 0 spiro atoms. The van der Waals surface area contributed by atoms with Gasteiger partial charge in [-0.15, -0.1) is 0 Å². The van der Waals surface area contributed by atoms with Crippen molar-refractivity contribution in [2.24, 2.45) is 4.99 Å². The van der Waals surface area contributed by atoms with E-state index in [4.69, 9.17) is 9.47 Å². The van der Waals surface area contributed by atoms with Crippen LogP contribution in [0.25, 0.3) is 0 Å². The van der Waals surface area contributed by atoms with Gasteiger partial charge in [0.25, 0.3) is 0 Å². The molecule has 1 aromatic heterocycles. The average Bonchev–Trinajstić information content (AvgIpc) is 3.08. The molecular formula is C20H36N6O3. The summed E-state index contributed by atoms with van der Waals surface area (Å²) in [6.07, 6.45) is 7.28. The molecule has 29 heavy (non-hydrogen) atoms. The predicted octanol–water partition coefficient (Wildman–Crippen LogP) is 0.864. The molecular weight excluding hydrogens is 372 g/mol. The third-order valence-electron chi connectivity index (χ3n) is 5.66. The normalized spacial score (nSPS) is 18.1. The van der Waals surface area contributed by atoms with Gasteiger partial charge in [-0.3, -0.25) is 9.56 Å². The monoisotopic (exact) mass is 408 g/mol. The first-order chi connectivity index (χ1) is 14.2. The van der Waals surface area contributed by atoms with Crippen molar-refractivity contribution in [1.82, 2.24) is 24.6 Å². The van der Waals surface area contributed by atoms with E-state index in [0.29, 0.717) is 12.6 Å². The average molecular weight is 409 g/mol. The number of hydrogen-bond acceptors (Lipinski definition) is 5. The maximum Gasteiger partial charge on any atom is 0.345 e. The number of likely N-dealkylation sites (tertiary alicyclic amines) is 1. The number of aryl methyl sites for hydroxylation is 2. The lowest BCUT2D eigenvalue weighted by atomic mass is 10.1. The van der Waals surface area contributed by atoms with E-state index in [1.165, 1.54) is 0 Å². The van der Waals surface area contributed by atoms with Crippen LogP contribution in [0.1, 0.15) is 44.3 Å². The highest BCUT2D eigenvalue weighted by Crippen LogP contribution is 2.14. The Kier molecular flexibility index (Phi) is 8.54. The lowest BCUT2D eigenvalue weighted by molar-refractivity contribution is 0.00991. The minimum Gasteiger partial charge on any atom is -0.385 e. The zero-order valence-electron chi connectivity index (χ0n) is 17.9. The van der Waals surface area contributed by atoms with Crippen molar-refractivity contribution in [2.75, 3.05) is 47.0 Å². The SMILES string of the molecule is CN=C(NCCCn1nc2n(c1=O)CCCC2)N1CCC(OCCCOC)CC1. The first-order valence-corrected chi connectivity index (χ1v) is 11.0. The molecule has 2 aliphatic rings. The highest BCUT2D eigenvalue weighted by Gasteiger charge is 2.22. The third-order valence-corrected chi connectivity index (χ3v) is 5.66. The smallest absolute Gasteiger partial charge is 0.345 e. The van der Waals surface area contributed by atoms with Crippen LogP contribution in [0.5, 0.6) is 0 Å². The molecule has 3 rings (SSSR count). The summed E-state index contributed by atoms with van der Waals surface area (Å²) in [5.41, 5.74) is 0.0386. The van der Waals surface area contributed by atoms with Crippen LogP contribution in [0.2, 0.25) is 0 Å². The summed E-state index contributed by atoms with van der Waals surface area (Å²) in [5.74, 6) is 1.87. The van der Waals surface area contributed by atoms with Gasteiger partial charge in [0.05, 0.1) is 6.10 Å². The zero-order chi connectivity index (χ0) is 20.5. The molecule has 2 aliphatic heterocycles. The summed E-state index contributed by atoms with van der Waals surface area (Å²) in [7, 11) is 3.54. The van der Waals surface area contributed by atoms with Crippen LogP contribution in [-0.4, -0.2) is 78.3 Å². The molecule has 1 aromatic rings. The Morgan fingerprint density at radius 1 is 1.21 bits per heavy atom. The minimum atomic E-state index is 0.0386. The number of nitrogens with one attached hydrogen (secondary N) is 1. The number of ether oxygens (including phenoxy) is 2. The number of hydrogen-bond donors (Lipinski definition) is 1. The van der Waals surface area contributed by atoms with Crippen LogP contribution >= 0.6 is 0 Å². The molecule has 9 nitrogen and oxygen atoms in total. The fraction of sp³-hybridized carbons (Fsp3) is 0.850. The quantitative estimate of drug-likeness (QED) is 0.371. The summed E-state index contributed by atoms with van der Waals surface area (Å²) in [6, 6.07) is 0. The molecule has 0 saturated carbocycles. The maximum atomic E-state index is 12.4. The zero-order valence-corrected chi connectivity index (χ0v) is 17.9. The van der Waals surface area contributed by atoms with E-state index in [1.54, 1.807) is 11.8 Å². The van der Waals surface area contributed by atoms with Crippen LogP contribution in [0.15, 0.2) is 9.79 Å². The third kappa shape index (κ3) is 6.05. The molecule has 0 aliphatic carbocycles. The fourth-order valence-electron chi connectivity index (χ4n) is 4.04. The maximum absolute atomic E-state index is 12.4. The Labute approximate surface area is 173 Å². The Morgan fingerprint density at radius 3 is 2.76 bits per heavy atom. The van der Waals surface area contributed by atoms with E-state index in [1.807, 2.05) is 11.6 Å². The lowest BCUT2D eigenvalue weighted by Gasteiger charge is -2.34. The van der Waals surface area contributed by atoms with Gasteiger partial charge in [0.15, 0.2) is 5.96 Å². The van der Waals surface area contributed by atoms with Gasteiger partial charge in [-0.2, -0.15) is 5.10 Å². The number of piperidine rings is 1. The van der Waals surface area contributed by atoms with Gasteiger partial charge in [-0.25, -0.2) is 9.48 Å². The van der Waals surface area contributed by atoms with E-state index >= 15 is 0 Å². The van der Waals surface area contributed by atoms with Crippen LogP contribution in [-0.2, 0) is 29.0 Å². The van der Waals surface area contributed by atoms with Gasteiger partial charge in [0.1, 0.15) is 5.82 Å². The van der Waals surface area contributed by atoms with E-state index in [2.05, 4.69) is 20.3 Å². The van der Waals surface area contributed by atoms with E-state index in [9.17, 15) is 4.79 Å². The summed E-state index contributed by atoms with van der Waals surface area (Å²) < 4.78 is 14.4. The van der Waals surface area contributed by atoms with Crippen molar-refractivity contribution in [3.63, 3.8) is 0 Å². The van der Waals surface area contributed by atoms with Crippen molar-refractivity contribution < 1.29 is 9.47 Å². The number of methoxy groups -OCH3 is 1. The van der Waals surface area contributed by atoms with Gasteiger partial charge in [-0.1, -0.05) is 0 Å². The topological polar surface area (TPSA) is 85.9 Å². The summed E-state index contributed by atoms with van der Waals surface area (Å²) in [4.78, 5) is 19.1. The minimum absolute atomic E-state index is 0.0386. The Bertz CT molecular complexity index is 706. The molecule has 1 saturated heterocycles. The standard InChI is InChI=1S/C20H36N6O3/c1-21-19(24-13-8-17(9-14-24)29-16-6-15-28-2)22-10-5-12-26-20(27)25-11-4-3-7-18(25)23-26/h17H,3-16H2,1-2H3,(H,21,22). The predicted molar refractivity (Wildman–Crippen MR) is 112 cm³/mol. The molecule has 0 atom stereocenters. The van der Waals surface area contributed by atoms with Gasteiger partial charge >= 0.3 is 5.69 Å². The number of rotatable bonds is 9. The second-order valence-corrected chi connectivity index (χ2v) is 7.76. The van der Waals surface area contributed by atoms with Crippen molar-refractivity contribution >= 4 is 5.96 Å². The molecule has 0 bridgehead atoms. The number of nitrogens with zero attached hydrogens (tertiary/aromatic N) is 5. The molecule has 0 amide bonds. The van der Waals surface area contributed by atoms with Crippen molar-refractivity contribution in [2.45, 2.75) is 64.1 Å². The molecule has 3 heterocycles. The summed E-state index contributed by atoms with van der Waals surface area (Å²) in [5, 5.41) is 7.93. The Balaban J connectivity index is 1.36. The van der Waals surface area contributed by atoms with Crippen LogP contribution in [0.4, 0.5) is 0 Å². The van der Waals surface area contributed by atoms with E-state index in [-0.39, 0.29) is 5.69 Å². The fourth-order valence-corrected chi connectivity index (χ4v) is 4.04. The number of aromatic nitrogens is 3. The van der Waals surface area contributed by atoms with Crippen molar-refractivity contribution in [1.29, 1.82) is 0 Å². The molecule has 0 aromatic carbocycles. The number of guanidine groups is 1. The number of aliphatic imine (C=N–C) groups is 1. The highest BCUT2D eigenvalue weighted by molar-refractivity contribution is 5.79. The van der Waals surface area contributed by atoms with Gasteiger partial charge in [0.2, 0.25) is 0 Å². The second-order valence-electron chi connectivity index (χ2n) is 7.76. The van der Waals surface area contributed by atoms with Crippen molar-refractivity contribution in [3.8, 4) is 0 Å². The molecule has 0 radical (unpaired) electrons. The van der Waals surface area contributed by atoms with Gasteiger partial charge in [0, 0.05) is 66.5 Å². The summed E-state index contributed by atoms with van der Waals surface area (Å²) in [6.45, 7) is 5.63. The molecule has 1 N–H and O–H groups in total. The van der Waals surface area contributed by atoms with Crippen LogP contribution in [0.3, 0.4) is 0 Å². The molecule has 9 heteroatoms. The molecule has 0 unspecified atom stereocenters. The molecule has 164 valence electrons. The highest BCUT2D eigenvalue weighted by atomic mass is 16.5. The Hall–Kier alpha value is -1.87. The van der Waals surface area contributed by atoms with Crippen LogP contribution < -0.4 is 11.0 Å². The first-order valence-electron chi connectivity index (χ1n) is 11.0. The summed E-state index contributed by atoms with van der Waals surface area (Å²) >= 11 is 0. The Morgan fingerprint density at radius 2 is 2.03 bits per heavy atom. The van der Waals surface area contributed by atoms with Gasteiger partial charge in [-0.05, 0) is 38.5 Å². The van der Waals surface area contributed by atoms with Crippen LogP contribution in [0, 0.1) is 0 Å². The van der Waals surface area contributed by atoms with E-state index in [0.717, 1.165) is 96.1 Å². The molecule has 1 fully saturated rings. The first kappa shape index (κ1) is 21.8. The largest absolute Gasteiger partial charge is 0.385 e. The van der Waals surface area contributed by atoms with Gasteiger partial charge < -0.3 is 19.7 Å².